The fraction of sp³-hybridized carbons (Fsp3) is 0.240. The van der Waals surface area contributed by atoms with Gasteiger partial charge in [0, 0.05) is 35.3 Å². The first-order chi connectivity index (χ1) is 37.5. The van der Waals surface area contributed by atoms with E-state index >= 15 is 0 Å². The number of benzene rings is 7. The molecule has 0 N–H and O–H groups in total. The number of aryl methyl sites for hydroxylation is 4. The monoisotopic (exact) mass is 1020 g/mol. The summed E-state index contributed by atoms with van der Waals surface area (Å²) < 4.78 is 0. The molecule has 0 aliphatic heterocycles. The zero-order valence-electron chi connectivity index (χ0n) is 47.4. The molecule has 0 bridgehead atoms. The molecular weight excluding hydrogens is 943 g/mol. The highest BCUT2D eigenvalue weighted by molar-refractivity contribution is 5.94. The standard InChI is InChI=1S/C75H75N3/c1-73(2,3)50-56-37-40-76-70(46-56)61-27-23-52(24-28-61)19-21-54-43-55(22-20-53-25-29-62(30-26-53)71-47-57(38-41-77-71)51-74(4,5)6)45-64(44-54)66-17-13-14-18-67(66)68-36-35-63(72-49-65(39-42-78-72)75(7,8)9)48-69(68)60-33-31-59(32-34-60)58-15-11-10-12-16-58/h10-18,23-49H,19-22,50-51H2,1-9H3. The SMILES string of the molecule is CC(C)(C)Cc1ccnc(-c2ccc(CCc3cc(CCc4ccc(-c5cc(CC(C)(C)C)ccn5)cc4)cc(-c4ccccc4-c4ccc(-c5cc(C(C)(C)C)ccn5)cc4-c4ccc(-c5ccccc5)cc4)c3)cc2)c1. The van der Waals surface area contributed by atoms with E-state index in [1.807, 2.05) is 18.6 Å². The van der Waals surface area contributed by atoms with Gasteiger partial charge in [0.25, 0.3) is 0 Å². The van der Waals surface area contributed by atoms with Crippen molar-refractivity contribution in [1.29, 1.82) is 0 Å². The van der Waals surface area contributed by atoms with Gasteiger partial charge in [-0.05, 0) is 181 Å². The fourth-order valence-corrected chi connectivity index (χ4v) is 10.9. The molecule has 0 saturated carbocycles. The third kappa shape index (κ3) is 13.6. The van der Waals surface area contributed by atoms with Gasteiger partial charge in [-0.3, -0.25) is 15.0 Å². The van der Waals surface area contributed by atoms with Gasteiger partial charge >= 0.3 is 0 Å². The van der Waals surface area contributed by atoms with Crippen LogP contribution in [0.3, 0.4) is 0 Å². The average molecular weight is 1020 g/mol. The molecule has 3 heterocycles. The first kappa shape index (κ1) is 53.4. The second kappa shape index (κ2) is 22.9. The maximum atomic E-state index is 4.93. The van der Waals surface area contributed by atoms with Crippen LogP contribution in [-0.2, 0) is 43.9 Å². The highest BCUT2D eigenvalue weighted by atomic mass is 14.7. The number of pyridine rings is 3. The summed E-state index contributed by atoms with van der Waals surface area (Å²) in [4.78, 5) is 14.5. The molecular formula is C75H75N3. The van der Waals surface area contributed by atoms with Gasteiger partial charge in [0.15, 0.2) is 0 Å². The van der Waals surface area contributed by atoms with E-state index < -0.39 is 0 Å². The number of nitrogens with zero attached hydrogens (tertiary/aromatic N) is 3. The van der Waals surface area contributed by atoms with Crippen molar-refractivity contribution < 1.29 is 0 Å². The minimum atomic E-state index is 0.00264. The van der Waals surface area contributed by atoms with E-state index in [9.17, 15) is 0 Å². The number of hydrogen-bond acceptors (Lipinski definition) is 3. The van der Waals surface area contributed by atoms with Crippen LogP contribution in [0.25, 0.3) is 78.3 Å². The Hall–Kier alpha value is -8.01. The van der Waals surface area contributed by atoms with Gasteiger partial charge in [-0.15, -0.1) is 0 Å². The van der Waals surface area contributed by atoms with Gasteiger partial charge in [-0.25, -0.2) is 0 Å². The molecule has 3 heteroatoms. The average Bonchev–Trinajstić information content (AvgIpc) is 3.47. The van der Waals surface area contributed by atoms with E-state index in [1.165, 1.54) is 83.5 Å². The van der Waals surface area contributed by atoms with Crippen molar-refractivity contribution in [3.8, 4) is 78.3 Å². The molecule has 3 nitrogen and oxygen atoms in total. The summed E-state index contributed by atoms with van der Waals surface area (Å²) in [6.07, 6.45) is 11.6. The van der Waals surface area contributed by atoms with E-state index in [0.717, 1.165) is 72.3 Å². The Morgan fingerprint density at radius 3 is 1.22 bits per heavy atom. The Morgan fingerprint density at radius 2 is 0.692 bits per heavy atom. The van der Waals surface area contributed by atoms with Crippen LogP contribution in [-0.4, -0.2) is 15.0 Å². The summed E-state index contributed by atoms with van der Waals surface area (Å²) in [6.45, 7) is 20.5. The van der Waals surface area contributed by atoms with Gasteiger partial charge in [0.2, 0.25) is 0 Å². The van der Waals surface area contributed by atoms with E-state index in [1.54, 1.807) is 0 Å². The van der Waals surface area contributed by atoms with E-state index in [-0.39, 0.29) is 16.2 Å². The molecule has 0 radical (unpaired) electrons. The molecule has 3 aromatic heterocycles. The smallest absolute Gasteiger partial charge is 0.0705 e. The number of aromatic nitrogens is 3. The summed E-state index contributed by atoms with van der Waals surface area (Å²) in [7, 11) is 0. The van der Waals surface area contributed by atoms with Crippen LogP contribution in [0.15, 0.2) is 219 Å². The molecule has 0 spiro atoms. The van der Waals surface area contributed by atoms with Crippen molar-refractivity contribution in [3.05, 3.63) is 258 Å². The maximum absolute atomic E-state index is 4.93. The van der Waals surface area contributed by atoms with Crippen molar-refractivity contribution in [3.63, 3.8) is 0 Å². The molecule has 10 aromatic rings. The van der Waals surface area contributed by atoms with Gasteiger partial charge in [0.05, 0.1) is 17.1 Å². The predicted octanol–water partition coefficient (Wildman–Crippen LogP) is 19.6. The highest BCUT2D eigenvalue weighted by Crippen LogP contribution is 2.42. The third-order valence-corrected chi connectivity index (χ3v) is 14.8. The van der Waals surface area contributed by atoms with Gasteiger partial charge in [-0.2, -0.15) is 0 Å². The lowest BCUT2D eigenvalue weighted by Gasteiger charge is -2.20. The van der Waals surface area contributed by atoms with Crippen molar-refractivity contribution in [2.24, 2.45) is 10.8 Å². The topological polar surface area (TPSA) is 38.7 Å². The van der Waals surface area contributed by atoms with E-state index in [4.69, 9.17) is 15.0 Å². The van der Waals surface area contributed by atoms with Crippen LogP contribution >= 0.6 is 0 Å². The summed E-state index contributed by atoms with van der Waals surface area (Å²) in [6, 6.07) is 74.4. The molecule has 0 atom stereocenters. The Balaban J connectivity index is 1.000. The second-order valence-electron chi connectivity index (χ2n) is 24.9. The molecule has 78 heavy (non-hydrogen) atoms. The minimum Gasteiger partial charge on any atom is -0.256 e. The second-order valence-corrected chi connectivity index (χ2v) is 24.9. The largest absolute Gasteiger partial charge is 0.256 e. The van der Waals surface area contributed by atoms with Gasteiger partial charge in [-0.1, -0.05) is 220 Å². The third-order valence-electron chi connectivity index (χ3n) is 14.8. The normalized spacial score (nSPS) is 12.0. The summed E-state index contributed by atoms with van der Waals surface area (Å²) in [5, 5.41) is 0. The molecule has 0 fully saturated rings. The summed E-state index contributed by atoms with van der Waals surface area (Å²) >= 11 is 0. The molecule has 0 saturated heterocycles. The fourth-order valence-electron chi connectivity index (χ4n) is 10.9. The van der Waals surface area contributed by atoms with Crippen LogP contribution in [0.1, 0.15) is 101 Å². The van der Waals surface area contributed by atoms with Crippen molar-refractivity contribution in [2.45, 2.75) is 106 Å². The summed E-state index contributed by atoms with van der Waals surface area (Å²) in [5.41, 5.74) is 25.7. The van der Waals surface area contributed by atoms with E-state index in [2.05, 4.69) is 263 Å². The van der Waals surface area contributed by atoms with Crippen LogP contribution in [0.5, 0.6) is 0 Å². The first-order valence-electron chi connectivity index (χ1n) is 28.0. The maximum Gasteiger partial charge on any atom is 0.0705 e. The number of hydrogen-bond donors (Lipinski definition) is 0. The lowest BCUT2D eigenvalue weighted by atomic mass is 9.85. The zero-order valence-corrected chi connectivity index (χ0v) is 47.4. The quantitative estimate of drug-likeness (QED) is 0.103. The lowest BCUT2D eigenvalue weighted by molar-refractivity contribution is 0.411. The molecule has 0 aliphatic carbocycles. The summed E-state index contributed by atoms with van der Waals surface area (Å²) in [5.74, 6) is 0. The highest BCUT2D eigenvalue weighted by Gasteiger charge is 2.20. The molecule has 0 aliphatic rings. The zero-order chi connectivity index (χ0) is 54.4. The lowest BCUT2D eigenvalue weighted by Crippen LogP contribution is -2.11. The predicted molar refractivity (Wildman–Crippen MR) is 331 cm³/mol. The van der Waals surface area contributed by atoms with Crippen LogP contribution in [0, 0.1) is 10.8 Å². The first-order valence-corrected chi connectivity index (χ1v) is 28.0. The van der Waals surface area contributed by atoms with Crippen molar-refractivity contribution in [2.75, 3.05) is 0 Å². The molecule has 0 unspecified atom stereocenters. The van der Waals surface area contributed by atoms with Crippen molar-refractivity contribution in [1.82, 2.24) is 15.0 Å². The van der Waals surface area contributed by atoms with Gasteiger partial charge < -0.3 is 0 Å². The Bertz CT molecular complexity index is 3520. The van der Waals surface area contributed by atoms with Gasteiger partial charge in [0.1, 0.15) is 0 Å². The van der Waals surface area contributed by atoms with Crippen LogP contribution in [0.4, 0.5) is 0 Å². The Labute approximate surface area is 465 Å². The van der Waals surface area contributed by atoms with E-state index in [0.29, 0.717) is 0 Å². The molecule has 7 aromatic carbocycles. The van der Waals surface area contributed by atoms with Crippen LogP contribution < -0.4 is 0 Å². The molecule has 10 rings (SSSR count). The minimum absolute atomic E-state index is 0.00264. The van der Waals surface area contributed by atoms with Crippen molar-refractivity contribution >= 4 is 0 Å². The molecule has 0 amide bonds. The number of rotatable bonds is 15. The van der Waals surface area contributed by atoms with Crippen LogP contribution in [0.2, 0.25) is 0 Å². The Morgan fingerprint density at radius 1 is 0.269 bits per heavy atom. The Kier molecular flexibility index (Phi) is 15.7. The molecule has 390 valence electrons.